The van der Waals surface area contributed by atoms with Gasteiger partial charge in [0, 0.05) is 18.3 Å². The molecule has 0 atom stereocenters. The maximum Gasteiger partial charge on any atom is 0.258 e. The number of aryl methyl sites for hydroxylation is 4. The first-order valence-electron chi connectivity index (χ1n) is 8.86. The second kappa shape index (κ2) is 7.66. The molecule has 0 bridgehead atoms. The molecule has 5 heteroatoms. The van der Waals surface area contributed by atoms with E-state index in [-0.39, 0.29) is 5.91 Å². The first-order chi connectivity index (χ1) is 12.9. The molecule has 2 aromatic carbocycles. The van der Waals surface area contributed by atoms with E-state index in [1.807, 2.05) is 58.0 Å². The van der Waals surface area contributed by atoms with E-state index in [2.05, 4.69) is 5.16 Å². The Morgan fingerprint density at radius 2 is 1.89 bits per heavy atom. The number of amides is 1. The number of hydrogen-bond donors (Lipinski definition) is 0. The Labute approximate surface area is 159 Å². The third-order valence-electron chi connectivity index (χ3n) is 4.68. The van der Waals surface area contributed by atoms with Crippen molar-refractivity contribution < 1.29 is 14.1 Å². The lowest BCUT2D eigenvalue weighted by Gasteiger charge is -2.20. The molecule has 0 N–H and O–H groups in total. The number of ether oxygens (including phenoxy) is 1. The molecule has 0 aliphatic rings. The van der Waals surface area contributed by atoms with Gasteiger partial charge in [-0.05, 0) is 63.1 Å². The summed E-state index contributed by atoms with van der Waals surface area (Å²) in [6.07, 6.45) is 0. The summed E-state index contributed by atoms with van der Waals surface area (Å²) in [5.41, 5.74) is 5.40. The normalized spacial score (nSPS) is 10.7. The molecule has 1 heterocycles. The molecule has 0 radical (unpaired) electrons. The van der Waals surface area contributed by atoms with E-state index in [0.717, 1.165) is 33.8 Å². The van der Waals surface area contributed by atoms with Crippen molar-refractivity contribution in [3.05, 3.63) is 76.2 Å². The van der Waals surface area contributed by atoms with Crippen LogP contribution < -0.4 is 9.64 Å². The van der Waals surface area contributed by atoms with Crippen LogP contribution in [0, 0.1) is 27.7 Å². The van der Waals surface area contributed by atoms with E-state index in [1.54, 1.807) is 24.1 Å². The van der Waals surface area contributed by atoms with Gasteiger partial charge in [-0.15, -0.1) is 0 Å². The minimum Gasteiger partial charge on any atom is -0.489 e. The van der Waals surface area contributed by atoms with Crippen LogP contribution in [0.25, 0.3) is 0 Å². The van der Waals surface area contributed by atoms with E-state index >= 15 is 0 Å². The van der Waals surface area contributed by atoms with E-state index in [9.17, 15) is 4.79 Å². The number of nitrogens with zero attached hydrogens (tertiary/aromatic N) is 2. The maximum absolute atomic E-state index is 12.9. The van der Waals surface area contributed by atoms with Crippen LogP contribution in [0.4, 0.5) is 5.69 Å². The van der Waals surface area contributed by atoms with Gasteiger partial charge in [-0.3, -0.25) is 4.79 Å². The van der Waals surface area contributed by atoms with Crippen LogP contribution in [0.15, 0.2) is 47.0 Å². The molecule has 0 unspecified atom stereocenters. The molecule has 1 aromatic heterocycles. The molecule has 0 saturated heterocycles. The van der Waals surface area contributed by atoms with Crippen LogP contribution >= 0.6 is 0 Å². The van der Waals surface area contributed by atoms with E-state index < -0.39 is 0 Å². The third kappa shape index (κ3) is 4.03. The SMILES string of the molecule is Cc1ccc(C)c(N(C)C(=O)c2cccc(OCc3c(C)noc3C)c2)c1. The van der Waals surface area contributed by atoms with Crippen LogP contribution in [-0.4, -0.2) is 18.1 Å². The average molecular weight is 364 g/mol. The van der Waals surface area contributed by atoms with E-state index in [0.29, 0.717) is 17.9 Å². The highest BCUT2D eigenvalue weighted by Crippen LogP contribution is 2.24. The number of carbonyl (C=O) groups is 1. The van der Waals surface area contributed by atoms with Crippen molar-refractivity contribution in [2.75, 3.05) is 11.9 Å². The van der Waals surface area contributed by atoms with E-state index in [1.165, 1.54) is 0 Å². The van der Waals surface area contributed by atoms with Gasteiger partial charge in [0.15, 0.2) is 0 Å². The fourth-order valence-corrected chi connectivity index (χ4v) is 2.97. The molecule has 0 fully saturated rings. The highest BCUT2D eigenvalue weighted by Gasteiger charge is 2.16. The fraction of sp³-hybridized carbons (Fsp3) is 0.273. The Kier molecular flexibility index (Phi) is 5.31. The largest absolute Gasteiger partial charge is 0.489 e. The minimum absolute atomic E-state index is 0.0773. The molecule has 0 spiro atoms. The molecule has 0 aliphatic carbocycles. The highest BCUT2D eigenvalue weighted by atomic mass is 16.5. The van der Waals surface area contributed by atoms with Gasteiger partial charge in [0.2, 0.25) is 0 Å². The first-order valence-corrected chi connectivity index (χ1v) is 8.86. The number of rotatable bonds is 5. The van der Waals surface area contributed by atoms with Crippen molar-refractivity contribution in [3.63, 3.8) is 0 Å². The van der Waals surface area contributed by atoms with E-state index in [4.69, 9.17) is 9.26 Å². The van der Waals surface area contributed by atoms with Gasteiger partial charge in [0.25, 0.3) is 5.91 Å². The van der Waals surface area contributed by atoms with Gasteiger partial charge in [-0.2, -0.15) is 0 Å². The Morgan fingerprint density at radius 3 is 2.59 bits per heavy atom. The van der Waals surface area contributed by atoms with Crippen LogP contribution in [0.1, 0.15) is 38.5 Å². The monoisotopic (exact) mass is 364 g/mol. The Morgan fingerprint density at radius 1 is 1.11 bits per heavy atom. The summed E-state index contributed by atoms with van der Waals surface area (Å²) in [5, 5.41) is 3.93. The molecular formula is C22H24N2O3. The third-order valence-corrected chi connectivity index (χ3v) is 4.68. The van der Waals surface area contributed by atoms with Gasteiger partial charge in [0.05, 0.1) is 11.3 Å². The summed E-state index contributed by atoms with van der Waals surface area (Å²) >= 11 is 0. The van der Waals surface area contributed by atoms with Crippen molar-refractivity contribution in [1.29, 1.82) is 0 Å². The topological polar surface area (TPSA) is 55.6 Å². The predicted molar refractivity (Wildman–Crippen MR) is 105 cm³/mol. The number of hydrogen-bond acceptors (Lipinski definition) is 4. The molecule has 5 nitrogen and oxygen atoms in total. The number of aromatic nitrogens is 1. The molecule has 140 valence electrons. The molecule has 0 saturated carbocycles. The molecular weight excluding hydrogens is 340 g/mol. The zero-order chi connectivity index (χ0) is 19.6. The highest BCUT2D eigenvalue weighted by molar-refractivity contribution is 6.06. The van der Waals surface area contributed by atoms with Crippen LogP contribution in [0.2, 0.25) is 0 Å². The van der Waals surface area contributed by atoms with Gasteiger partial charge in [-0.1, -0.05) is 23.4 Å². The lowest BCUT2D eigenvalue weighted by molar-refractivity contribution is 0.0992. The summed E-state index contributed by atoms with van der Waals surface area (Å²) in [7, 11) is 1.79. The Bertz CT molecular complexity index is 956. The van der Waals surface area contributed by atoms with Gasteiger partial charge >= 0.3 is 0 Å². The first kappa shape index (κ1) is 18.7. The number of carbonyl (C=O) groups excluding carboxylic acids is 1. The lowest BCUT2D eigenvalue weighted by atomic mass is 10.1. The maximum atomic E-state index is 12.9. The zero-order valence-corrected chi connectivity index (χ0v) is 16.4. The second-order valence-corrected chi connectivity index (χ2v) is 6.77. The Balaban J connectivity index is 1.78. The standard InChI is InChI=1S/C22H24N2O3/c1-14-9-10-15(2)21(11-14)24(5)22(25)18-7-6-8-19(12-18)26-13-20-16(3)23-27-17(20)4/h6-12H,13H2,1-5H3. The Hall–Kier alpha value is -3.08. The molecule has 3 aromatic rings. The molecule has 0 aliphatic heterocycles. The molecule has 1 amide bonds. The van der Waals surface area contributed by atoms with Crippen molar-refractivity contribution >= 4 is 11.6 Å². The van der Waals surface area contributed by atoms with Crippen molar-refractivity contribution in [1.82, 2.24) is 5.16 Å². The fourth-order valence-electron chi connectivity index (χ4n) is 2.97. The molecule has 3 rings (SSSR count). The van der Waals surface area contributed by atoms with Gasteiger partial charge < -0.3 is 14.2 Å². The average Bonchev–Trinajstić information content (AvgIpc) is 2.99. The van der Waals surface area contributed by atoms with Crippen LogP contribution in [0.3, 0.4) is 0 Å². The van der Waals surface area contributed by atoms with Crippen LogP contribution in [-0.2, 0) is 6.61 Å². The summed E-state index contributed by atoms with van der Waals surface area (Å²) < 4.78 is 11.0. The zero-order valence-electron chi connectivity index (χ0n) is 16.4. The van der Waals surface area contributed by atoms with Crippen molar-refractivity contribution in [2.24, 2.45) is 0 Å². The summed E-state index contributed by atoms with van der Waals surface area (Å²) in [5.74, 6) is 1.30. The van der Waals surface area contributed by atoms with Crippen molar-refractivity contribution in [2.45, 2.75) is 34.3 Å². The quantitative estimate of drug-likeness (QED) is 0.655. The van der Waals surface area contributed by atoms with Crippen LogP contribution in [0.5, 0.6) is 5.75 Å². The summed E-state index contributed by atoms with van der Waals surface area (Å²) in [6, 6.07) is 13.3. The smallest absolute Gasteiger partial charge is 0.258 e. The minimum atomic E-state index is -0.0773. The second-order valence-electron chi connectivity index (χ2n) is 6.77. The predicted octanol–water partition coefficient (Wildman–Crippen LogP) is 4.76. The number of anilines is 1. The summed E-state index contributed by atoms with van der Waals surface area (Å²) in [4.78, 5) is 14.6. The van der Waals surface area contributed by atoms with Crippen molar-refractivity contribution in [3.8, 4) is 5.75 Å². The molecule has 27 heavy (non-hydrogen) atoms. The number of benzene rings is 2. The van der Waals surface area contributed by atoms with Gasteiger partial charge in [-0.25, -0.2) is 0 Å². The summed E-state index contributed by atoms with van der Waals surface area (Å²) in [6.45, 7) is 8.11. The van der Waals surface area contributed by atoms with Gasteiger partial charge in [0.1, 0.15) is 18.1 Å². The lowest BCUT2D eigenvalue weighted by Crippen LogP contribution is -2.27.